The van der Waals surface area contributed by atoms with E-state index < -0.39 is 0 Å². The van der Waals surface area contributed by atoms with Gasteiger partial charge in [-0.1, -0.05) is 73.3 Å². The lowest BCUT2D eigenvalue weighted by molar-refractivity contribution is 0.670. The van der Waals surface area contributed by atoms with Gasteiger partial charge in [-0.3, -0.25) is 0 Å². The number of fused-ring (bicyclic) bond motifs is 3. The Morgan fingerprint density at radius 3 is 2.58 bits per heavy atom. The highest BCUT2D eigenvalue weighted by molar-refractivity contribution is 6.09. The predicted octanol–water partition coefficient (Wildman–Crippen LogP) is 6.29. The van der Waals surface area contributed by atoms with Gasteiger partial charge in [0.25, 0.3) is 0 Å². The second kappa shape index (κ2) is 6.77. The minimum atomic E-state index is 0.909. The molecule has 0 unspecified atom stereocenters. The van der Waals surface area contributed by atoms with Crippen molar-refractivity contribution in [2.45, 2.75) is 0 Å². The molecule has 0 saturated heterocycles. The number of nitrogens with two attached hydrogens (primary N) is 1. The maximum Gasteiger partial charge on any atom is 0.143 e. The highest BCUT2D eigenvalue weighted by Gasteiger charge is 2.12. The molecule has 0 saturated carbocycles. The van der Waals surface area contributed by atoms with Crippen molar-refractivity contribution in [3.8, 4) is 11.1 Å². The highest BCUT2D eigenvalue weighted by atomic mass is 16.3. The topological polar surface area (TPSA) is 39.2 Å². The molecule has 2 heteroatoms. The number of hydrogen-bond acceptors (Lipinski definition) is 2. The van der Waals surface area contributed by atoms with E-state index in [0.29, 0.717) is 0 Å². The van der Waals surface area contributed by atoms with Crippen LogP contribution >= 0.6 is 0 Å². The Labute approximate surface area is 152 Å². The summed E-state index contributed by atoms with van der Waals surface area (Å²) in [4.78, 5) is 0. The summed E-state index contributed by atoms with van der Waals surface area (Å²) in [7, 11) is 0. The molecule has 4 rings (SSSR count). The smallest absolute Gasteiger partial charge is 0.143 e. The largest absolute Gasteiger partial charge is 0.455 e. The summed E-state index contributed by atoms with van der Waals surface area (Å²) in [6.07, 6.45) is 7.12. The fourth-order valence-electron chi connectivity index (χ4n) is 3.19. The van der Waals surface area contributed by atoms with Crippen molar-refractivity contribution in [2.75, 3.05) is 0 Å². The van der Waals surface area contributed by atoms with Crippen LogP contribution in [0.5, 0.6) is 0 Å². The summed E-state index contributed by atoms with van der Waals surface area (Å²) in [5, 5.41) is 2.27. The molecule has 0 radical (unpaired) electrons. The normalized spacial score (nSPS) is 11.8. The summed E-state index contributed by atoms with van der Waals surface area (Å²) in [6.45, 7) is 4.14. The Kier molecular flexibility index (Phi) is 4.16. The van der Waals surface area contributed by atoms with Gasteiger partial charge in [-0.2, -0.15) is 0 Å². The first kappa shape index (κ1) is 16.0. The minimum absolute atomic E-state index is 0.909. The molecule has 4 aromatic rings. The van der Waals surface area contributed by atoms with Gasteiger partial charge in [-0.15, -0.1) is 0 Å². The third kappa shape index (κ3) is 2.82. The van der Waals surface area contributed by atoms with Crippen molar-refractivity contribution >= 4 is 27.5 Å². The summed E-state index contributed by atoms with van der Waals surface area (Å²) in [5.74, 6) is 0. The van der Waals surface area contributed by atoms with Gasteiger partial charge in [0, 0.05) is 16.3 Å². The van der Waals surface area contributed by atoms with Crippen LogP contribution in [0.15, 0.2) is 102 Å². The number of rotatable bonds is 4. The molecule has 3 aromatic carbocycles. The van der Waals surface area contributed by atoms with Gasteiger partial charge in [-0.25, -0.2) is 0 Å². The quantitative estimate of drug-likeness (QED) is 0.444. The Morgan fingerprint density at radius 2 is 1.69 bits per heavy atom. The standard InChI is InChI=1S/C24H19NO/c1-17(8-4-5-15-25)18-9-6-10-19(16-18)20-12-7-13-22-21-11-2-3-14-23(21)26-24(20)22/h2-16H,1,25H2/b8-4-,15-5-. The number of benzene rings is 3. The molecule has 0 bridgehead atoms. The van der Waals surface area contributed by atoms with Crippen LogP contribution in [0, 0.1) is 0 Å². The summed E-state index contributed by atoms with van der Waals surface area (Å²) >= 11 is 0. The van der Waals surface area contributed by atoms with Crippen LogP contribution in [-0.4, -0.2) is 0 Å². The zero-order valence-electron chi connectivity index (χ0n) is 14.4. The van der Waals surface area contributed by atoms with Crippen molar-refractivity contribution in [2.24, 2.45) is 5.73 Å². The van der Waals surface area contributed by atoms with Crippen LogP contribution in [0.4, 0.5) is 0 Å². The van der Waals surface area contributed by atoms with E-state index in [1.54, 1.807) is 6.08 Å². The molecule has 0 aliphatic rings. The molecule has 0 fully saturated rings. The molecule has 26 heavy (non-hydrogen) atoms. The Hall–Kier alpha value is -3.52. The first-order valence-electron chi connectivity index (χ1n) is 8.53. The van der Waals surface area contributed by atoms with Gasteiger partial charge < -0.3 is 10.2 Å². The van der Waals surface area contributed by atoms with E-state index in [9.17, 15) is 0 Å². The van der Waals surface area contributed by atoms with E-state index in [1.807, 2.05) is 36.4 Å². The van der Waals surface area contributed by atoms with Crippen LogP contribution < -0.4 is 5.73 Å². The maximum atomic E-state index is 6.16. The molecule has 1 aromatic heterocycles. The molecule has 0 aliphatic carbocycles. The second-order valence-corrected chi connectivity index (χ2v) is 6.13. The predicted molar refractivity (Wildman–Crippen MR) is 111 cm³/mol. The number of para-hydroxylation sites is 2. The minimum Gasteiger partial charge on any atom is -0.455 e. The monoisotopic (exact) mass is 337 g/mol. The van der Waals surface area contributed by atoms with E-state index in [4.69, 9.17) is 10.2 Å². The second-order valence-electron chi connectivity index (χ2n) is 6.13. The number of allylic oxidation sites excluding steroid dienone is 4. The Bertz CT molecular complexity index is 1160. The first-order valence-corrected chi connectivity index (χ1v) is 8.53. The molecule has 1 heterocycles. The van der Waals surface area contributed by atoms with E-state index >= 15 is 0 Å². The summed E-state index contributed by atoms with van der Waals surface area (Å²) in [6, 6.07) is 22.8. The molecule has 0 spiro atoms. The van der Waals surface area contributed by atoms with Crippen molar-refractivity contribution in [1.82, 2.24) is 0 Å². The number of furan rings is 1. The average Bonchev–Trinajstić information content (AvgIpc) is 3.07. The lowest BCUT2D eigenvalue weighted by atomic mass is 9.98. The Morgan fingerprint density at radius 1 is 0.885 bits per heavy atom. The summed E-state index contributed by atoms with van der Waals surface area (Å²) < 4.78 is 6.16. The average molecular weight is 337 g/mol. The van der Waals surface area contributed by atoms with Gasteiger partial charge in [0.1, 0.15) is 11.2 Å². The Balaban J connectivity index is 1.83. The van der Waals surface area contributed by atoms with Crippen LogP contribution in [0.2, 0.25) is 0 Å². The van der Waals surface area contributed by atoms with Crippen molar-refractivity contribution in [1.29, 1.82) is 0 Å². The van der Waals surface area contributed by atoms with E-state index in [1.165, 1.54) is 6.20 Å². The lowest BCUT2D eigenvalue weighted by Gasteiger charge is -2.06. The van der Waals surface area contributed by atoms with E-state index in [-0.39, 0.29) is 0 Å². The van der Waals surface area contributed by atoms with Crippen LogP contribution in [0.25, 0.3) is 38.6 Å². The number of hydrogen-bond donors (Lipinski definition) is 1. The molecule has 2 nitrogen and oxygen atoms in total. The zero-order valence-corrected chi connectivity index (χ0v) is 14.4. The highest BCUT2D eigenvalue weighted by Crippen LogP contribution is 2.36. The van der Waals surface area contributed by atoms with Crippen molar-refractivity contribution in [3.05, 3.63) is 103 Å². The van der Waals surface area contributed by atoms with E-state index in [0.717, 1.165) is 44.2 Å². The van der Waals surface area contributed by atoms with E-state index in [2.05, 4.69) is 49.0 Å². The van der Waals surface area contributed by atoms with Gasteiger partial charge in [0.2, 0.25) is 0 Å². The van der Waals surface area contributed by atoms with Crippen molar-refractivity contribution in [3.63, 3.8) is 0 Å². The molecule has 126 valence electrons. The fraction of sp³-hybridized carbons (Fsp3) is 0. The van der Waals surface area contributed by atoms with Gasteiger partial charge in [0.05, 0.1) is 0 Å². The fourth-order valence-corrected chi connectivity index (χ4v) is 3.19. The third-order valence-corrected chi connectivity index (χ3v) is 4.47. The molecular weight excluding hydrogens is 318 g/mol. The van der Waals surface area contributed by atoms with Gasteiger partial charge >= 0.3 is 0 Å². The summed E-state index contributed by atoms with van der Waals surface area (Å²) in [5.41, 5.74) is 11.4. The molecule has 0 atom stereocenters. The van der Waals surface area contributed by atoms with Crippen molar-refractivity contribution < 1.29 is 4.42 Å². The van der Waals surface area contributed by atoms with Gasteiger partial charge in [-0.05, 0) is 41.1 Å². The molecule has 2 N–H and O–H groups in total. The molecule has 0 aliphatic heterocycles. The van der Waals surface area contributed by atoms with Crippen LogP contribution in [-0.2, 0) is 0 Å². The first-order chi connectivity index (χ1) is 12.8. The molecule has 0 amide bonds. The zero-order chi connectivity index (χ0) is 17.9. The third-order valence-electron chi connectivity index (χ3n) is 4.47. The van der Waals surface area contributed by atoms with Crippen LogP contribution in [0.3, 0.4) is 0 Å². The maximum absolute atomic E-state index is 6.16. The van der Waals surface area contributed by atoms with Gasteiger partial charge in [0.15, 0.2) is 0 Å². The molecular formula is C24H19NO. The SMILES string of the molecule is C=C(/C=C\C=C/N)c1cccc(-c2cccc3c2oc2ccccc23)c1. The lowest BCUT2D eigenvalue weighted by Crippen LogP contribution is -1.83. The van der Waals surface area contributed by atoms with Crippen LogP contribution in [0.1, 0.15) is 5.56 Å².